The highest BCUT2D eigenvalue weighted by Crippen LogP contribution is 2.40. The summed E-state index contributed by atoms with van der Waals surface area (Å²) in [6.07, 6.45) is 5.47. The molecule has 1 heteroatoms. The third-order valence-electron chi connectivity index (χ3n) is 6.90. The molecule has 0 spiro atoms. The molecule has 1 heterocycles. The normalized spacial score (nSPS) is 11.7. The number of hydrogen-bond acceptors (Lipinski definition) is 1. The van der Waals surface area contributed by atoms with E-state index in [2.05, 4.69) is 129 Å². The lowest BCUT2D eigenvalue weighted by Crippen LogP contribution is -1.94. The van der Waals surface area contributed by atoms with Gasteiger partial charge < -0.3 is 0 Å². The summed E-state index contributed by atoms with van der Waals surface area (Å²) in [7, 11) is 0. The molecule has 0 fully saturated rings. The molecule has 1 aromatic heterocycles. The van der Waals surface area contributed by atoms with Gasteiger partial charge >= 0.3 is 0 Å². The first-order valence-electron chi connectivity index (χ1n) is 12.3. The van der Waals surface area contributed by atoms with E-state index < -0.39 is 0 Å². The van der Waals surface area contributed by atoms with Crippen molar-refractivity contribution in [3.8, 4) is 22.3 Å². The fraction of sp³-hybridized carbons (Fsp3) is 0.0882. The van der Waals surface area contributed by atoms with E-state index in [1.54, 1.807) is 0 Å². The first-order chi connectivity index (χ1) is 17.2. The molecule has 6 rings (SSSR count). The van der Waals surface area contributed by atoms with Crippen molar-refractivity contribution < 1.29 is 0 Å². The summed E-state index contributed by atoms with van der Waals surface area (Å²) in [6.45, 7) is 4.35. The second-order valence-corrected chi connectivity index (χ2v) is 9.12. The smallest absolute Gasteiger partial charge is 0.0794 e. The standard InChI is InChI=1S/C34H27N/c1-3-4-13-28-23(2)15-21-30-32(27-18-16-25(17-19-27)24-10-6-5-7-11-24)31-22-20-26-12-8-9-14-29(26)34(31)35-33(28)30/h4-22H,3H2,1-2H3/b13-4-. The van der Waals surface area contributed by atoms with Gasteiger partial charge in [0.1, 0.15) is 0 Å². The summed E-state index contributed by atoms with van der Waals surface area (Å²) >= 11 is 0. The minimum absolute atomic E-state index is 1.00. The molecule has 0 radical (unpaired) electrons. The third kappa shape index (κ3) is 3.70. The maximum Gasteiger partial charge on any atom is 0.0794 e. The van der Waals surface area contributed by atoms with E-state index in [0.717, 1.165) is 17.5 Å². The Bertz CT molecular complexity index is 1710. The van der Waals surface area contributed by atoms with Crippen LogP contribution in [0.5, 0.6) is 0 Å². The largest absolute Gasteiger partial charge is 0.246 e. The number of benzene rings is 5. The molecule has 0 N–H and O–H groups in total. The number of pyridine rings is 1. The summed E-state index contributed by atoms with van der Waals surface area (Å²) in [6, 6.07) is 37.0. The fourth-order valence-electron chi connectivity index (χ4n) is 5.08. The van der Waals surface area contributed by atoms with Crippen molar-refractivity contribution in [2.45, 2.75) is 20.3 Å². The van der Waals surface area contributed by atoms with Gasteiger partial charge in [-0.1, -0.05) is 122 Å². The Morgan fingerprint density at radius 2 is 1.26 bits per heavy atom. The molecular weight excluding hydrogens is 422 g/mol. The molecule has 0 amide bonds. The molecule has 5 aromatic carbocycles. The number of allylic oxidation sites excluding steroid dienone is 1. The second-order valence-electron chi connectivity index (χ2n) is 9.12. The lowest BCUT2D eigenvalue weighted by atomic mass is 9.91. The fourth-order valence-corrected chi connectivity index (χ4v) is 5.08. The topological polar surface area (TPSA) is 12.9 Å². The molecule has 0 aliphatic heterocycles. The average Bonchev–Trinajstić information content (AvgIpc) is 2.92. The average molecular weight is 450 g/mol. The van der Waals surface area contributed by atoms with E-state index in [1.165, 1.54) is 54.9 Å². The number of hydrogen-bond donors (Lipinski definition) is 0. The predicted octanol–water partition coefficient (Wildman–Crippen LogP) is 9.61. The Morgan fingerprint density at radius 3 is 2.06 bits per heavy atom. The maximum atomic E-state index is 5.32. The van der Waals surface area contributed by atoms with Gasteiger partial charge in [0.25, 0.3) is 0 Å². The molecule has 0 aliphatic carbocycles. The Balaban J connectivity index is 1.69. The van der Waals surface area contributed by atoms with Crippen molar-refractivity contribution in [1.82, 2.24) is 4.98 Å². The van der Waals surface area contributed by atoms with E-state index >= 15 is 0 Å². The van der Waals surface area contributed by atoms with Crippen molar-refractivity contribution in [1.29, 1.82) is 0 Å². The highest BCUT2D eigenvalue weighted by molar-refractivity contribution is 6.18. The van der Waals surface area contributed by atoms with Gasteiger partial charge in [0, 0.05) is 27.3 Å². The van der Waals surface area contributed by atoms with Gasteiger partial charge in [-0.05, 0) is 41.0 Å². The first kappa shape index (κ1) is 21.3. The number of aryl methyl sites for hydroxylation is 1. The molecule has 6 aromatic rings. The molecule has 0 saturated carbocycles. The SMILES string of the molecule is CC/C=C\c1c(C)ccc2c(-c3ccc(-c4ccccc4)cc3)c3ccc4ccccc4c3nc12. The van der Waals surface area contributed by atoms with Crippen LogP contribution in [0.4, 0.5) is 0 Å². The molecule has 0 saturated heterocycles. The highest BCUT2D eigenvalue weighted by atomic mass is 14.7. The van der Waals surface area contributed by atoms with E-state index in [-0.39, 0.29) is 0 Å². The number of fused-ring (bicyclic) bond motifs is 4. The Morgan fingerprint density at radius 1 is 0.600 bits per heavy atom. The minimum Gasteiger partial charge on any atom is -0.246 e. The number of nitrogens with zero attached hydrogens (tertiary/aromatic N) is 1. The van der Waals surface area contributed by atoms with Gasteiger partial charge in [-0.2, -0.15) is 0 Å². The lowest BCUT2D eigenvalue weighted by molar-refractivity contribution is 1.23. The Hall–Kier alpha value is -4.23. The highest BCUT2D eigenvalue weighted by Gasteiger charge is 2.16. The van der Waals surface area contributed by atoms with Crippen LogP contribution in [0.2, 0.25) is 0 Å². The lowest BCUT2D eigenvalue weighted by Gasteiger charge is -2.16. The maximum absolute atomic E-state index is 5.32. The molecule has 0 bridgehead atoms. The van der Waals surface area contributed by atoms with Crippen molar-refractivity contribution in [3.05, 3.63) is 120 Å². The molecule has 35 heavy (non-hydrogen) atoms. The van der Waals surface area contributed by atoms with Crippen LogP contribution in [0.15, 0.2) is 109 Å². The molecule has 0 aliphatic rings. The summed E-state index contributed by atoms with van der Waals surface area (Å²) in [5, 5.41) is 4.80. The van der Waals surface area contributed by atoms with Gasteiger partial charge in [-0.25, -0.2) is 4.98 Å². The summed E-state index contributed by atoms with van der Waals surface area (Å²) in [4.78, 5) is 5.32. The van der Waals surface area contributed by atoms with Crippen molar-refractivity contribution >= 4 is 38.7 Å². The van der Waals surface area contributed by atoms with Crippen LogP contribution in [0, 0.1) is 6.92 Å². The van der Waals surface area contributed by atoms with Gasteiger partial charge in [0.05, 0.1) is 11.0 Å². The summed E-state index contributed by atoms with van der Waals surface area (Å²) in [5.74, 6) is 0. The van der Waals surface area contributed by atoms with Crippen LogP contribution >= 0.6 is 0 Å². The molecular formula is C34H27N. The van der Waals surface area contributed by atoms with Crippen molar-refractivity contribution in [2.24, 2.45) is 0 Å². The van der Waals surface area contributed by atoms with Crippen molar-refractivity contribution in [2.75, 3.05) is 0 Å². The molecule has 0 unspecified atom stereocenters. The zero-order valence-electron chi connectivity index (χ0n) is 20.1. The Labute approximate surface area is 206 Å². The van der Waals surface area contributed by atoms with E-state index in [1.807, 2.05) is 0 Å². The van der Waals surface area contributed by atoms with Gasteiger partial charge in [-0.3, -0.25) is 0 Å². The zero-order valence-corrected chi connectivity index (χ0v) is 20.1. The van der Waals surface area contributed by atoms with Gasteiger partial charge in [0.2, 0.25) is 0 Å². The third-order valence-corrected chi connectivity index (χ3v) is 6.90. The van der Waals surface area contributed by atoms with Crippen LogP contribution in [-0.4, -0.2) is 4.98 Å². The molecule has 168 valence electrons. The van der Waals surface area contributed by atoms with E-state index in [0.29, 0.717) is 0 Å². The van der Waals surface area contributed by atoms with Crippen LogP contribution in [0.25, 0.3) is 60.9 Å². The number of rotatable bonds is 4. The number of aromatic nitrogens is 1. The Kier molecular flexibility index (Phi) is 5.39. The first-order valence-corrected chi connectivity index (χ1v) is 12.3. The quantitative estimate of drug-likeness (QED) is 0.193. The van der Waals surface area contributed by atoms with Crippen LogP contribution in [-0.2, 0) is 0 Å². The second kappa shape index (κ2) is 8.85. The summed E-state index contributed by atoms with van der Waals surface area (Å²) in [5.41, 5.74) is 9.52. The van der Waals surface area contributed by atoms with E-state index in [9.17, 15) is 0 Å². The monoisotopic (exact) mass is 449 g/mol. The summed E-state index contributed by atoms with van der Waals surface area (Å²) < 4.78 is 0. The van der Waals surface area contributed by atoms with Gasteiger partial charge in [0.15, 0.2) is 0 Å². The van der Waals surface area contributed by atoms with E-state index in [4.69, 9.17) is 4.98 Å². The van der Waals surface area contributed by atoms with Crippen LogP contribution in [0.3, 0.4) is 0 Å². The van der Waals surface area contributed by atoms with Gasteiger partial charge in [-0.15, -0.1) is 0 Å². The van der Waals surface area contributed by atoms with Crippen LogP contribution in [0.1, 0.15) is 24.5 Å². The predicted molar refractivity (Wildman–Crippen MR) is 152 cm³/mol. The van der Waals surface area contributed by atoms with Crippen molar-refractivity contribution in [3.63, 3.8) is 0 Å². The molecule has 0 atom stereocenters. The van der Waals surface area contributed by atoms with Crippen LogP contribution < -0.4 is 0 Å². The molecule has 1 nitrogen and oxygen atoms in total. The minimum atomic E-state index is 1.00. The zero-order chi connectivity index (χ0) is 23.8.